The van der Waals surface area contributed by atoms with Crippen molar-refractivity contribution in [3.05, 3.63) is 46.1 Å². The second-order valence-electron chi connectivity index (χ2n) is 4.08. The summed E-state index contributed by atoms with van der Waals surface area (Å²) in [7, 11) is 0. The van der Waals surface area contributed by atoms with E-state index in [1.165, 1.54) is 5.56 Å². The predicted octanol–water partition coefficient (Wildman–Crippen LogP) is 3.56. The zero-order valence-electron chi connectivity index (χ0n) is 11.0. The van der Waals surface area contributed by atoms with Crippen LogP contribution in [0, 0.1) is 6.92 Å². The van der Waals surface area contributed by atoms with Crippen molar-refractivity contribution in [2.75, 3.05) is 11.9 Å². The molecule has 0 amide bonds. The average molecular weight is 322 g/mol. The molecule has 0 bridgehead atoms. The van der Waals surface area contributed by atoms with Gasteiger partial charge in [-0.15, -0.1) is 0 Å². The van der Waals surface area contributed by atoms with Crippen LogP contribution in [0.2, 0.25) is 0 Å². The number of ether oxygens (including phenoxy) is 1. The number of hydrogen-bond donors (Lipinski definition) is 1. The Morgan fingerprint density at radius 1 is 1.21 bits per heavy atom. The molecule has 0 fully saturated rings. The van der Waals surface area contributed by atoms with Crippen LogP contribution in [0.25, 0.3) is 0 Å². The van der Waals surface area contributed by atoms with E-state index in [0.29, 0.717) is 25.0 Å². The Hall–Kier alpha value is -1.62. The molecular weight excluding hydrogens is 306 g/mol. The van der Waals surface area contributed by atoms with E-state index in [2.05, 4.69) is 43.3 Å². The standard InChI is InChI=1S/C14H16BrN3O/c1-3-19-13-8-10(2)17-14(18-13)16-9-11-4-6-12(15)7-5-11/h4-8H,3,9H2,1-2H3,(H,16,17,18). The minimum atomic E-state index is 0.589. The van der Waals surface area contributed by atoms with Crippen molar-refractivity contribution in [3.8, 4) is 5.88 Å². The summed E-state index contributed by atoms with van der Waals surface area (Å²) >= 11 is 3.42. The number of hydrogen-bond acceptors (Lipinski definition) is 4. The maximum atomic E-state index is 5.40. The molecule has 1 N–H and O–H groups in total. The molecule has 0 saturated carbocycles. The van der Waals surface area contributed by atoms with Crippen LogP contribution in [0.5, 0.6) is 5.88 Å². The highest BCUT2D eigenvalue weighted by molar-refractivity contribution is 9.10. The van der Waals surface area contributed by atoms with Gasteiger partial charge in [0.1, 0.15) is 0 Å². The van der Waals surface area contributed by atoms with Crippen molar-refractivity contribution in [1.29, 1.82) is 0 Å². The number of rotatable bonds is 5. The van der Waals surface area contributed by atoms with Crippen LogP contribution in [0.15, 0.2) is 34.8 Å². The van der Waals surface area contributed by atoms with Gasteiger partial charge in [-0.25, -0.2) is 4.98 Å². The van der Waals surface area contributed by atoms with Crippen LogP contribution < -0.4 is 10.1 Å². The van der Waals surface area contributed by atoms with Gasteiger partial charge in [-0.1, -0.05) is 28.1 Å². The Labute approximate surface area is 121 Å². The molecule has 0 unspecified atom stereocenters. The van der Waals surface area contributed by atoms with Crippen molar-refractivity contribution in [1.82, 2.24) is 9.97 Å². The molecule has 1 aromatic heterocycles. The van der Waals surface area contributed by atoms with Crippen LogP contribution in [0.3, 0.4) is 0 Å². The zero-order chi connectivity index (χ0) is 13.7. The van der Waals surface area contributed by atoms with Gasteiger partial charge >= 0.3 is 0 Å². The van der Waals surface area contributed by atoms with Gasteiger partial charge in [0.2, 0.25) is 11.8 Å². The first-order chi connectivity index (χ1) is 9.17. The summed E-state index contributed by atoms with van der Waals surface area (Å²) in [4.78, 5) is 8.64. The Bertz CT molecular complexity index is 543. The molecule has 100 valence electrons. The van der Waals surface area contributed by atoms with Crippen LogP contribution >= 0.6 is 15.9 Å². The second-order valence-corrected chi connectivity index (χ2v) is 5.00. The summed E-state index contributed by atoms with van der Waals surface area (Å²) in [6.45, 7) is 5.15. The Kier molecular flexibility index (Phi) is 4.74. The maximum absolute atomic E-state index is 5.40. The van der Waals surface area contributed by atoms with E-state index < -0.39 is 0 Å². The largest absolute Gasteiger partial charge is 0.478 e. The fraction of sp³-hybridized carbons (Fsp3) is 0.286. The fourth-order valence-electron chi connectivity index (χ4n) is 1.62. The van der Waals surface area contributed by atoms with E-state index in [-0.39, 0.29) is 0 Å². The quantitative estimate of drug-likeness (QED) is 0.914. The molecule has 0 atom stereocenters. The molecule has 19 heavy (non-hydrogen) atoms. The Balaban J connectivity index is 2.04. The monoisotopic (exact) mass is 321 g/mol. The molecule has 0 spiro atoms. The van der Waals surface area contributed by atoms with Gasteiger partial charge in [0.15, 0.2) is 0 Å². The van der Waals surface area contributed by atoms with Gasteiger partial charge < -0.3 is 10.1 Å². The summed E-state index contributed by atoms with van der Waals surface area (Å²) < 4.78 is 6.47. The number of nitrogens with one attached hydrogen (secondary N) is 1. The molecule has 0 radical (unpaired) electrons. The Morgan fingerprint density at radius 3 is 2.63 bits per heavy atom. The van der Waals surface area contributed by atoms with Crippen LogP contribution in [-0.2, 0) is 6.54 Å². The molecule has 1 heterocycles. The molecule has 0 saturated heterocycles. The molecular formula is C14H16BrN3O. The lowest BCUT2D eigenvalue weighted by molar-refractivity contribution is 0.326. The van der Waals surface area contributed by atoms with Gasteiger partial charge in [-0.05, 0) is 31.5 Å². The highest BCUT2D eigenvalue weighted by Gasteiger charge is 2.02. The maximum Gasteiger partial charge on any atom is 0.226 e. The molecule has 5 heteroatoms. The van der Waals surface area contributed by atoms with Gasteiger partial charge in [-0.2, -0.15) is 4.98 Å². The number of anilines is 1. The lowest BCUT2D eigenvalue weighted by Crippen LogP contribution is -2.06. The molecule has 0 aliphatic heterocycles. The van der Waals surface area contributed by atoms with Crippen LogP contribution in [0.4, 0.5) is 5.95 Å². The summed E-state index contributed by atoms with van der Waals surface area (Å²) in [6, 6.07) is 9.96. The number of benzene rings is 1. The minimum absolute atomic E-state index is 0.589. The Morgan fingerprint density at radius 2 is 1.95 bits per heavy atom. The third kappa shape index (κ3) is 4.21. The molecule has 4 nitrogen and oxygen atoms in total. The lowest BCUT2D eigenvalue weighted by Gasteiger charge is -2.08. The normalized spacial score (nSPS) is 10.3. The highest BCUT2D eigenvalue weighted by atomic mass is 79.9. The summed E-state index contributed by atoms with van der Waals surface area (Å²) in [5, 5.41) is 3.20. The van der Waals surface area contributed by atoms with E-state index >= 15 is 0 Å². The molecule has 1 aromatic carbocycles. The van der Waals surface area contributed by atoms with Gasteiger partial charge in [0, 0.05) is 22.8 Å². The fourth-order valence-corrected chi connectivity index (χ4v) is 1.89. The van der Waals surface area contributed by atoms with Gasteiger partial charge in [0.25, 0.3) is 0 Å². The molecule has 0 aliphatic carbocycles. The van der Waals surface area contributed by atoms with E-state index in [1.54, 1.807) is 0 Å². The first kappa shape index (κ1) is 13.8. The van der Waals surface area contributed by atoms with Gasteiger partial charge in [0.05, 0.1) is 6.61 Å². The van der Waals surface area contributed by atoms with Gasteiger partial charge in [-0.3, -0.25) is 0 Å². The van der Waals surface area contributed by atoms with Crippen molar-refractivity contribution < 1.29 is 4.74 Å². The summed E-state index contributed by atoms with van der Waals surface area (Å²) in [5.41, 5.74) is 2.06. The molecule has 2 rings (SSSR count). The highest BCUT2D eigenvalue weighted by Crippen LogP contribution is 2.14. The zero-order valence-corrected chi connectivity index (χ0v) is 12.6. The number of aromatic nitrogens is 2. The van der Waals surface area contributed by atoms with Crippen LogP contribution in [-0.4, -0.2) is 16.6 Å². The number of aryl methyl sites for hydroxylation is 1. The van der Waals surface area contributed by atoms with E-state index in [9.17, 15) is 0 Å². The molecule has 0 aliphatic rings. The first-order valence-corrected chi connectivity index (χ1v) is 6.93. The number of nitrogens with zero attached hydrogens (tertiary/aromatic N) is 2. The summed E-state index contributed by atoms with van der Waals surface area (Å²) in [6.07, 6.45) is 0. The SMILES string of the molecule is CCOc1cc(C)nc(NCc2ccc(Br)cc2)n1. The van der Waals surface area contributed by atoms with Crippen molar-refractivity contribution in [3.63, 3.8) is 0 Å². The average Bonchev–Trinajstić information content (AvgIpc) is 2.38. The van der Waals surface area contributed by atoms with Crippen molar-refractivity contribution in [2.24, 2.45) is 0 Å². The van der Waals surface area contributed by atoms with Crippen molar-refractivity contribution >= 4 is 21.9 Å². The van der Waals surface area contributed by atoms with E-state index in [4.69, 9.17) is 4.74 Å². The van der Waals surface area contributed by atoms with E-state index in [0.717, 1.165) is 10.2 Å². The smallest absolute Gasteiger partial charge is 0.226 e. The van der Waals surface area contributed by atoms with Crippen LogP contribution in [0.1, 0.15) is 18.2 Å². The molecule has 2 aromatic rings. The predicted molar refractivity (Wildman–Crippen MR) is 79.4 cm³/mol. The summed E-state index contributed by atoms with van der Waals surface area (Å²) in [5.74, 6) is 1.19. The minimum Gasteiger partial charge on any atom is -0.478 e. The number of halogens is 1. The topological polar surface area (TPSA) is 47.0 Å². The van der Waals surface area contributed by atoms with Crippen molar-refractivity contribution in [2.45, 2.75) is 20.4 Å². The third-order valence-corrected chi connectivity index (χ3v) is 3.02. The second kappa shape index (κ2) is 6.52. The first-order valence-electron chi connectivity index (χ1n) is 6.14. The van der Waals surface area contributed by atoms with E-state index in [1.807, 2.05) is 32.0 Å². The third-order valence-electron chi connectivity index (χ3n) is 2.49. The lowest BCUT2D eigenvalue weighted by atomic mass is 10.2.